The van der Waals surface area contributed by atoms with Gasteiger partial charge in [-0.05, 0) is 96.1 Å². The van der Waals surface area contributed by atoms with Crippen LogP contribution >= 0.6 is 0 Å². The van der Waals surface area contributed by atoms with Crippen LogP contribution in [0, 0.1) is 13.8 Å². The predicted molar refractivity (Wildman–Crippen MR) is 185 cm³/mol. The van der Waals surface area contributed by atoms with Gasteiger partial charge in [0.15, 0.2) is 0 Å². The molecule has 0 spiro atoms. The lowest BCUT2D eigenvalue weighted by molar-refractivity contribution is 0.593. The molecule has 0 aliphatic rings. The fraction of sp³-hybridized carbons (Fsp3) is 0.146. The predicted octanol–water partition coefficient (Wildman–Crippen LogP) is 11.3. The number of para-hydroxylation sites is 2. The zero-order chi connectivity index (χ0) is 30.2. The number of furan rings is 1. The van der Waals surface area contributed by atoms with Gasteiger partial charge in [-0.25, -0.2) is 0 Å². The number of nitrogens with zero attached hydrogens (tertiary/aromatic N) is 2. The number of aryl methyl sites for hydroxylation is 1. The van der Waals surface area contributed by atoms with Gasteiger partial charge in [0.05, 0.1) is 22.4 Å². The standard InChI is InChI=1S/C41H34N2O/c1-25-17-19-35-31(22-25)28-12-6-8-15-34(28)43(35)36-24-30(27-18-20-38-32(23-27)29-13-7-9-16-37(29)44-38)40(41(3,4)5)39(26(36)2)33-14-10-11-21-42-33/h6-24H,1-5H3. The van der Waals surface area contributed by atoms with E-state index in [0.717, 1.165) is 27.6 Å². The Morgan fingerprint density at radius 3 is 2.16 bits per heavy atom. The molecule has 3 heterocycles. The summed E-state index contributed by atoms with van der Waals surface area (Å²) in [5, 5.41) is 4.80. The highest BCUT2D eigenvalue weighted by atomic mass is 16.3. The fourth-order valence-electron chi connectivity index (χ4n) is 7.08. The number of fused-ring (bicyclic) bond motifs is 6. The maximum atomic E-state index is 6.23. The average Bonchev–Trinajstić information content (AvgIpc) is 3.56. The highest BCUT2D eigenvalue weighted by molar-refractivity contribution is 6.10. The molecule has 3 nitrogen and oxygen atoms in total. The summed E-state index contributed by atoms with van der Waals surface area (Å²) in [5.41, 5.74) is 13.6. The maximum Gasteiger partial charge on any atom is 0.135 e. The van der Waals surface area contributed by atoms with E-state index in [1.54, 1.807) is 0 Å². The molecule has 214 valence electrons. The van der Waals surface area contributed by atoms with E-state index in [0.29, 0.717) is 0 Å². The molecule has 5 aromatic carbocycles. The van der Waals surface area contributed by atoms with Gasteiger partial charge in [-0.15, -0.1) is 0 Å². The van der Waals surface area contributed by atoms with Crippen molar-refractivity contribution in [2.45, 2.75) is 40.0 Å². The minimum atomic E-state index is -0.156. The molecule has 8 aromatic rings. The van der Waals surface area contributed by atoms with Crippen molar-refractivity contribution < 1.29 is 4.42 Å². The van der Waals surface area contributed by atoms with E-state index in [4.69, 9.17) is 9.40 Å². The molecule has 0 bridgehead atoms. The minimum absolute atomic E-state index is 0.156. The van der Waals surface area contributed by atoms with Crippen LogP contribution in [0.1, 0.15) is 37.5 Å². The summed E-state index contributed by atoms with van der Waals surface area (Å²) in [4.78, 5) is 4.94. The Labute approximate surface area is 257 Å². The molecule has 0 aliphatic heterocycles. The molecule has 0 radical (unpaired) electrons. The van der Waals surface area contributed by atoms with Gasteiger partial charge in [0.25, 0.3) is 0 Å². The zero-order valence-corrected chi connectivity index (χ0v) is 25.8. The Morgan fingerprint density at radius 1 is 0.636 bits per heavy atom. The molecule has 0 aliphatic carbocycles. The Kier molecular flexibility index (Phi) is 5.83. The lowest BCUT2D eigenvalue weighted by Crippen LogP contribution is -2.17. The lowest BCUT2D eigenvalue weighted by atomic mass is 9.76. The summed E-state index contributed by atoms with van der Waals surface area (Å²) in [5.74, 6) is 0. The number of pyridine rings is 1. The van der Waals surface area contributed by atoms with E-state index in [1.807, 2.05) is 24.4 Å². The molecule has 0 N–H and O–H groups in total. The van der Waals surface area contributed by atoms with Crippen LogP contribution in [0.5, 0.6) is 0 Å². The first-order valence-electron chi connectivity index (χ1n) is 15.3. The third kappa shape index (κ3) is 4.00. The highest BCUT2D eigenvalue weighted by Crippen LogP contribution is 2.46. The molecular weight excluding hydrogens is 536 g/mol. The number of hydrogen-bond acceptors (Lipinski definition) is 2. The summed E-state index contributed by atoms with van der Waals surface area (Å²) in [7, 11) is 0. The fourth-order valence-corrected chi connectivity index (χ4v) is 7.08. The SMILES string of the molecule is Cc1ccc2c(c1)c1ccccc1n2-c1cc(-c2ccc3oc4ccccc4c3c2)c(C(C)(C)C)c(-c2ccccn2)c1C. The molecule has 44 heavy (non-hydrogen) atoms. The Balaban J connectivity index is 1.54. The Bertz CT molecular complexity index is 2380. The van der Waals surface area contributed by atoms with Crippen LogP contribution in [-0.2, 0) is 5.41 Å². The monoisotopic (exact) mass is 570 g/mol. The smallest absolute Gasteiger partial charge is 0.135 e. The van der Waals surface area contributed by atoms with Crippen molar-refractivity contribution >= 4 is 43.7 Å². The van der Waals surface area contributed by atoms with Crippen LogP contribution in [0.2, 0.25) is 0 Å². The van der Waals surface area contributed by atoms with Gasteiger partial charge >= 0.3 is 0 Å². The summed E-state index contributed by atoms with van der Waals surface area (Å²) in [6.07, 6.45) is 1.90. The summed E-state index contributed by atoms with van der Waals surface area (Å²) in [6.45, 7) is 11.4. The minimum Gasteiger partial charge on any atom is -0.456 e. The van der Waals surface area contributed by atoms with Crippen LogP contribution in [0.4, 0.5) is 0 Å². The zero-order valence-electron chi connectivity index (χ0n) is 25.8. The summed E-state index contributed by atoms with van der Waals surface area (Å²) in [6, 6.07) is 39.2. The third-order valence-electron chi connectivity index (χ3n) is 8.99. The van der Waals surface area contributed by atoms with Gasteiger partial charge < -0.3 is 8.98 Å². The van der Waals surface area contributed by atoms with E-state index in [-0.39, 0.29) is 5.41 Å². The average molecular weight is 571 g/mol. The van der Waals surface area contributed by atoms with Crippen LogP contribution < -0.4 is 0 Å². The van der Waals surface area contributed by atoms with Crippen molar-refractivity contribution in [1.29, 1.82) is 0 Å². The van der Waals surface area contributed by atoms with Crippen LogP contribution in [0.25, 0.3) is 71.8 Å². The van der Waals surface area contributed by atoms with Crippen molar-refractivity contribution in [1.82, 2.24) is 9.55 Å². The third-order valence-corrected chi connectivity index (χ3v) is 8.99. The number of aromatic nitrogens is 2. The normalized spacial score (nSPS) is 12.2. The first-order valence-corrected chi connectivity index (χ1v) is 15.3. The Morgan fingerprint density at radius 2 is 1.36 bits per heavy atom. The van der Waals surface area contributed by atoms with Crippen LogP contribution in [-0.4, -0.2) is 9.55 Å². The van der Waals surface area contributed by atoms with E-state index < -0.39 is 0 Å². The Hall–Kier alpha value is -5.15. The maximum absolute atomic E-state index is 6.23. The molecular formula is C41H34N2O. The largest absolute Gasteiger partial charge is 0.456 e. The summed E-state index contributed by atoms with van der Waals surface area (Å²) < 4.78 is 8.68. The number of rotatable bonds is 3. The topological polar surface area (TPSA) is 31.0 Å². The molecule has 0 unspecified atom stereocenters. The van der Waals surface area contributed by atoms with Gasteiger partial charge in [-0.3, -0.25) is 4.98 Å². The molecule has 3 aromatic heterocycles. The highest BCUT2D eigenvalue weighted by Gasteiger charge is 2.29. The van der Waals surface area contributed by atoms with E-state index in [1.165, 1.54) is 60.9 Å². The second kappa shape index (κ2) is 9.68. The van der Waals surface area contributed by atoms with Crippen LogP contribution in [0.3, 0.4) is 0 Å². The number of benzene rings is 5. The molecule has 0 amide bonds. The van der Waals surface area contributed by atoms with Gasteiger partial charge in [0.2, 0.25) is 0 Å². The van der Waals surface area contributed by atoms with Crippen molar-refractivity contribution in [3.8, 4) is 28.1 Å². The van der Waals surface area contributed by atoms with Crippen LogP contribution in [0.15, 0.2) is 120 Å². The lowest BCUT2D eigenvalue weighted by Gasteiger charge is -2.30. The summed E-state index contributed by atoms with van der Waals surface area (Å²) >= 11 is 0. The first kappa shape index (κ1) is 26.5. The second-order valence-electron chi connectivity index (χ2n) is 13.0. The quantitative estimate of drug-likeness (QED) is 0.211. The molecule has 0 saturated carbocycles. The van der Waals surface area contributed by atoms with Crippen molar-refractivity contribution in [3.05, 3.63) is 132 Å². The van der Waals surface area contributed by atoms with Gasteiger partial charge in [0.1, 0.15) is 11.2 Å². The molecule has 3 heteroatoms. The van der Waals surface area contributed by atoms with Gasteiger partial charge in [0, 0.05) is 33.3 Å². The van der Waals surface area contributed by atoms with E-state index in [2.05, 4.69) is 130 Å². The van der Waals surface area contributed by atoms with Gasteiger partial charge in [-0.2, -0.15) is 0 Å². The first-order chi connectivity index (χ1) is 21.3. The van der Waals surface area contributed by atoms with E-state index >= 15 is 0 Å². The number of hydrogen-bond donors (Lipinski definition) is 0. The van der Waals surface area contributed by atoms with Crippen molar-refractivity contribution in [2.24, 2.45) is 0 Å². The van der Waals surface area contributed by atoms with E-state index in [9.17, 15) is 0 Å². The molecule has 0 atom stereocenters. The van der Waals surface area contributed by atoms with Crippen molar-refractivity contribution in [2.75, 3.05) is 0 Å². The van der Waals surface area contributed by atoms with Crippen molar-refractivity contribution in [3.63, 3.8) is 0 Å². The molecule has 0 saturated heterocycles. The molecule has 8 rings (SSSR count). The van der Waals surface area contributed by atoms with Gasteiger partial charge in [-0.1, -0.05) is 80.9 Å². The molecule has 0 fully saturated rings. The second-order valence-corrected chi connectivity index (χ2v) is 13.0.